The van der Waals surface area contributed by atoms with Gasteiger partial charge in [0.2, 0.25) is 0 Å². The Morgan fingerprint density at radius 3 is 2.78 bits per heavy atom. The summed E-state index contributed by atoms with van der Waals surface area (Å²) in [5.74, 6) is 1.51. The Morgan fingerprint density at radius 1 is 1.09 bits per heavy atom. The number of ether oxygens (including phenoxy) is 1. The summed E-state index contributed by atoms with van der Waals surface area (Å²) in [6.45, 7) is 0. The maximum atomic E-state index is 5.42. The molecule has 4 rings (SSSR count). The summed E-state index contributed by atoms with van der Waals surface area (Å²) in [6.07, 6.45) is 1.56. The van der Waals surface area contributed by atoms with Gasteiger partial charge in [0.15, 0.2) is 5.82 Å². The van der Waals surface area contributed by atoms with Crippen molar-refractivity contribution in [3.63, 3.8) is 0 Å². The second kappa shape index (κ2) is 5.55. The van der Waals surface area contributed by atoms with E-state index in [-0.39, 0.29) is 0 Å². The lowest BCUT2D eigenvalue weighted by Crippen LogP contribution is -1.95. The number of nitrogens with one attached hydrogen (secondary N) is 2. The molecule has 2 N–H and O–H groups in total. The van der Waals surface area contributed by atoms with Crippen molar-refractivity contribution >= 4 is 49.4 Å². The highest BCUT2D eigenvalue weighted by molar-refractivity contribution is 9.10. The lowest BCUT2D eigenvalue weighted by molar-refractivity contribution is 0.419. The lowest BCUT2D eigenvalue weighted by atomic mass is 10.2. The Labute approximate surface area is 140 Å². The van der Waals surface area contributed by atoms with Crippen molar-refractivity contribution < 1.29 is 4.74 Å². The standard InChI is InChI=1S/C17H13BrN4O/c1-23-13-7-3-6-12-14(13)22-16-15(12)19-9-20-17(16)21-11-5-2-4-10(18)8-11/h2-9,22H,1H3,(H,19,20,21). The molecule has 2 aromatic heterocycles. The molecule has 0 aliphatic rings. The van der Waals surface area contributed by atoms with E-state index in [4.69, 9.17) is 4.74 Å². The van der Waals surface area contributed by atoms with Crippen LogP contribution in [0.15, 0.2) is 53.3 Å². The summed E-state index contributed by atoms with van der Waals surface area (Å²) in [7, 11) is 1.66. The molecule has 0 atom stereocenters. The summed E-state index contributed by atoms with van der Waals surface area (Å²) < 4.78 is 6.43. The summed E-state index contributed by atoms with van der Waals surface area (Å²) >= 11 is 3.48. The van der Waals surface area contributed by atoms with Gasteiger partial charge >= 0.3 is 0 Å². The lowest BCUT2D eigenvalue weighted by Gasteiger charge is -2.06. The minimum atomic E-state index is 0.728. The van der Waals surface area contributed by atoms with Gasteiger partial charge in [0.1, 0.15) is 23.1 Å². The quantitative estimate of drug-likeness (QED) is 0.553. The molecular weight excluding hydrogens is 356 g/mol. The first-order valence-electron chi connectivity index (χ1n) is 7.08. The van der Waals surface area contributed by atoms with Crippen molar-refractivity contribution in [1.29, 1.82) is 0 Å². The molecular formula is C17H13BrN4O. The van der Waals surface area contributed by atoms with Crippen LogP contribution in [0.4, 0.5) is 11.5 Å². The fourth-order valence-electron chi connectivity index (χ4n) is 2.66. The molecule has 114 valence electrons. The van der Waals surface area contributed by atoms with Crippen molar-refractivity contribution in [1.82, 2.24) is 15.0 Å². The van der Waals surface area contributed by atoms with Gasteiger partial charge in [-0.2, -0.15) is 0 Å². The number of fused-ring (bicyclic) bond motifs is 3. The molecule has 0 radical (unpaired) electrons. The second-order valence-corrected chi connectivity index (χ2v) is 6.00. The predicted molar refractivity (Wildman–Crippen MR) is 95.4 cm³/mol. The number of nitrogens with zero attached hydrogens (tertiary/aromatic N) is 2. The highest BCUT2D eigenvalue weighted by Crippen LogP contribution is 2.33. The van der Waals surface area contributed by atoms with E-state index in [9.17, 15) is 0 Å². The van der Waals surface area contributed by atoms with Gasteiger partial charge in [0.25, 0.3) is 0 Å². The number of hydrogen-bond donors (Lipinski definition) is 2. The minimum absolute atomic E-state index is 0.728. The number of aromatic amines is 1. The van der Waals surface area contributed by atoms with Crippen molar-refractivity contribution in [3.8, 4) is 5.75 Å². The summed E-state index contributed by atoms with van der Waals surface area (Å²) in [5.41, 5.74) is 3.59. The first-order valence-corrected chi connectivity index (χ1v) is 7.87. The molecule has 0 fully saturated rings. The van der Waals surface area contributed by atoms with Crippen LogP contribution in [-0.4, -0.2) is 22.1 Å². The number of methoxy groups -OCH3 is 1. The number of benzene rings is 2. The van der Waals surface area contributed by atoms with E-state index in [1.165, 1.54) is 0 Å². The zero-order valence-electron chi connectivity index (χ0n) is 12.3. The molecule has 6 heteroatoms. The zero-order chi connectivity index (χ0) is 15.8. The van der Waals surface area contributed by atoms with Gasteiger partial charge in [0.05, 0.1) is 12.6 Å². The molecule has 0 aliphatic carbocycles. The van der Waals surface area contributed by atoms with E-state index in [1.807, 2.05) is 42.5 Å². The van der Waals surface area contributed by atoms with Crippen LogP contribution in [0.3, 0.4) is 0 Å². The molecule has 2 aromatic carbocycles. The molecule has 23 heavy (non-hydrogen) atoms. The SMILES string of the molecule is COc1cccc2c1[nH]c1c(Nc3cccc(Br)c3)ncnc12. The van der Waals surface area contributed by atoms with Gasteiger partial charge in [-0.25, -0.2) is 9.97 Å². The van der Waals surface area contributed by atoms with Crippen molar-refractivity contribution in [2.24, 2.45) is 0 Å². The second-order valence-electron chi connectivity index (χ2n) is 5.09. The predicted octanol–water partition coefficient (Wildman–Crippen LogP) is 4.63. The largest absolute Gasteiger partial charge is 0.495 e. The Kier molecular flexibility index (Phi) is 3.38. The maximum absolute atomic E-state index is 5.42. The number of anilines is 2. The fourth-order valence-corrected chi connectivity index (χ4v) is 3.06. The van der Waals surface area contributed by atoms with E-state index in [0.29, 0.717) is 0 Å². The average molecular weight is 369 g/mol. The topological polar surface area (TPSA) is 62.8 Å². The van der Waals surface area contributed by atoms with Crippen LogP contribution < -0.4 is 10.1 Å². The van der Waals surface area contributed by atoms with Crippen LogP contribution >= 0.6 is 15.9 Å². The normalized spacial score (nSPS) is 11.0. The van der Waals surface area contributed by atoms with E-state index < -0.39 is 0 Å². The Balaban J connectivity index is 1.90. The summed E-state index contributed by atoms with van der Waals surface area (Å²) in [5, 5.41) is 4.35. The highest BCUT2D eigenvalue weighted by atomic mass is 79.9. The first kappa shape index (κ1) is 14.0. The van der Waals surface area contributed by atoms with Gasteiger partial charge in [-0.1, -0.05) is 34.1 Å². The van der Waals surface area contributed by atoms with E-state index in [0.717, 1.165) is 43.7 Å². The Hall–Kier alpha value is -2.60. The van der Waals surface area contributed by atoms with Crippen LogP contribution in [0.1, 0.15) is 0 Å². The van der Waals surface area contributed by atoms with Crippen LogP contribution in [0.5, 0.6) is 5.75 Å². The smallest absolute Gasteiger partial charge is 0.158 e. The summed E-state index contributed by atoms with van der Waals surface area (Å²) in [4.78, 5) is 12.2. The van der Waals surface area contributed by atoms with Crippen molar-refractivity contribution in [3.05, 3.63) is 53.3 Å². The molecule has 0 bridgehead atoms. The van der Waals surface area contributed by atoms with Crippen molar-refractivity contribution in [2.45, 2.75) is 0 Å². The third-order valence-corrected chi connectivity index (χ3v) is 4.18. The zero-order valence-corrected chi connectivity index (χ0v) is 13.9. The number of halogens is 1. The molecule has 0 saturated heterocycles. The number of H-pyrrole nitrogens is 1. The van der Waals surface area contributed by atoms with Gasteiger partial charge in [0, 0.05) is 15.5 Å². The number of para-hydroxylation sites is 1. The number of rotatable bonds is 3. The third kappa shape index (κ3) is 2.41. The number of aromatic nitrogens is 3. The van der Waals surface area contributed by atoms with Gasteiger partial charge in [-0.3, -0.25) is 0 Å². The molecule has 0 amide bonds. The first-order chi connectivity index (χ1) is 11.3. The Morgan fingerprint density at radius 2 is 1.96 bits per heavy atom. The molecule has 4 aromatic rings. The minimum Gasteiger partial charge on any atom is -0.495 e. The third-order valence-electron chi connectivity index (χ3n) is 3.69. The molecule has 0 saturated carbocycles. The molecule has 0 spiro atoms. The Bertz CT molecular complexity index is 1010. The highest BCUT2D eigenvalue weighted by Gasteiger charge is 2.13. The molecule has 5 nitrogen and oxygen atoms in total. The average Bonchev–Trinajstić information content (AvgIpc) is 2.95. The van der Waals surface area contributed by atoms with Gasteiger partial charge in [-0.15, -0.1) is 0 Å². The van der Waals surface area contributed by atoms with E-state index in [1.54, 1.807) is 13.4 Å². The van der Waals surface area contributed by atoms with Crippen LogP contribution in [0, 0.1) is 0 Å². The maximum Gasteiger partial charge on any atom is 0.158 e. The molecule has 0 unspecified atom stereocenters. The van der Waals surface area contributed by atoms with E-state index in [2.05, 4.69) is 36.2 Å². The molecule has 0 aliphatic heterocycles. The fraction of sp³-hybridized carbons (Fsp3) is 0.0588. The van der Waals surface area contributed by atoms with Crippen LogP contribution in [0.25, 0.3) is 21.9 Å². The summed E-state index contributed by atoms with van der Waals surface area (Å²) in [6, 6.07) is 13.8. The molecule has 2 heterocycles. The van der Waals surface area contributed by atoms with Gasteiger partial charge in [-0.05, 0) is 24.3 Å². The number of hydrogen-bond acceptors (Lipinski definition) is 4. The monoisotopic (exact) mass is 368 g/mol. The van der Waals surface area contributed by atoms with Crippen LogP contribution in [0.2, 0.25) is 0 Å². The van der Waals surface area contributed by atoms with E-state index >= 15 is 0 Å². The van der Waals surface area contributed by atoms with Crippen molar-refractivity contribution in [2.75, 3.05) is 12.4 Å². The van der Waals surface area contributed by atoms with Gasteiger partial charge < -0.3 is 15.0 Å². The van der Waals surface area contributed by atoms with Crippen LogP contribution in [-0.2, 0) is 0 Å².